The Kier molecular flexibility index (Phi) is 3.76. The van der Waals surface area contributed by atoms with Crippen LogP contribution in [0.2, 0.25) is 0 Å². The molecular formula is C12H17N3O3. The van der Waals surface area contributed by atoms with Gasteiger partial charge in [0, 0.05) is 25.8 Å². The molecule has 0 atom stereocenters. The van der Waals surface area contributed by atoms with Crippen molar-refractivity contribution < 1.29 is 9.53 Å². The van der Waals surface area contributed by atoms with E-state index in [0.717, 1.165) is 26.1 Å². The summed E-state index contributed by atoms with van der Waals surface area (Å²) < 4.78 is 5.30. The SMILES string of the molecule is CC1(CNC(=O)c2ccc(=O)[nH]n2)CCOCC1. The van der Waals surface area contributed by atoms with Gasteiger partial charge >= 0.3 is 0 Å². The first kappa shape index (κ1) is 12.8. The van der Waals surface area contributed by atoms with Crippen LogP contribution in [-0.4, -0.2) is 35.9 Å². The van der Waals surface area contributed by atoms with Crippen molar-refractivity contribution in [1.82, 2.24) is 15.5 Å². The number of hydrogen-bond acceptors (Lipinski definition) is 4. The molecule has 0 aromatic carbocycles. The zero-order valence-corrected chi connectivity index (χ0v) is 10.4. The van der Waals surface area contributed by atoms with Gasteiger partial charge in [0.1, 0.15) is 5.69 Å². The van der Waals surface area contributed by atoms with Gasteiger partial charge in [-0.05, 0) is 24.3 Å². The number of nitrogens with one attached hydrogen (secondary N) is 2. The molecule has 1 aliphatic heterocycles. The maximum Gasteiger partial charge on any atom is 0.271 e. The van der Waals surface area contributed by atoms with Gasteiger partial charge in [-0.25, -0.2) is 5.10 Å². The maximum atomic E-state index is 11.8. The van der Waals surface area contributed by atoms with Crippen LogP contribution in [-0.2, 0) is 4.74 Å². The zero-order chi connectivity index (χ0) is 13.0. The summed E-state index contributed by atoms with van der Waals surface area (Å²) in [5.41, 5.74) is -0.0102. The summed E-state index contributed by atoms with van der Waals surface area (Å²) in [6.07, 6.45) is 1.87. The zero-order valence-electron chi connectivity index (χ0n) is 10.4. The molecule has 6 heteroatoms. The standard InChI is InChI=1S/C12H17N3O3/c1-12(4-6-18-7-5-12)8-13-11(17)9-2-3-10(16)15-14-9/h2-3H,4-8H2,1H3,(H,13,17)(H,15,16). The molecule has 0 unspecified atom stereocenters. The number of rotatable bonds is 3. The molecular weight excluding hydrogens is 234 g/mol. The van der Waals surface area contributed by atoms with Crippen LogP contribution >= 0.6 is 0 Å². The summed E-state index contributed by atoms with van der Waals surface area (Å²) >= 11 is 0. The molecule has 1 aromatic rings. The summed E-state index contributed by atoms with van der Waals surface area (Å²) in [5.74, 6) is -0.265. The Morgan fingerprint density at radius 3 is 2.83 bits per heavy atom. The summed E-state index contributed by atoms with van der Waals surface area (Å²) in [6, 6.07) is 2.71. The van der Waals surface area contributed by atoms with Crippen LogP contribution in [0.25, 0.3) is 0 Å². The molecule has 1 fully saturated rings. The Bertz CT molecular complexity index is 457. The number of nitrogens with zero attached hydrogens (tertiary/aromatic N) is 1. The number of carbonyl (C=O) groups excluding carboxylic acids is 1. The van der Waals surface area contributed by atoms with Crippen LogP contribution in [0.3, 0.4) is 0 Å². The monoisotopic (exact) mass is 251 g/mol. The highest BCUT2D eigenvalue weighted by atomic mass is 16.5. The molecule has 0 aliphatic carbocycles. The molecule has 0 spiro atoms. The summed E-state index contributed by atoms with van der Waals surface area (Å²) in [4.78, 5) is 22.7. The second kappa shape index (κ2) is 5.30. The fourth-order valence-corrected chi connectivity index (χ4v) is 1.90. The van der Waals surface area contributed by atoms with Crippen LogP contribution in [0.5, 0.6) is 0 Å². The van der Waals surface area contributed by atoms with Gasteiger partial charge in [0.25, 0.3) is 11.5 Å². The number of hydrogen-bond donors (Lipinski definition) is 2. The molecule has 0 radical (unpaired) electrons. The predicted octanol–water partition coefficient (Wildman–Crippen LogP) is 0.316. The largest absolute Gasteiger partial charge is 0.381 e. The normalized spacial score (nSPS) is 18.3. The highest BCUT2D eigenvalue weighted by Crippen LogP contribution is 2.28. The lowest BCUT2D eigenvalue weighted by molar-refractivity contribution is 0.0238. The smallest absolute Gasteiger partial charge is 0.271 e. The van der Waals surface area contributed by atoms with E-state index >= 15 is 0 Å². The minimum absolute atomic E-state index is 0.0795. The molecule has 1 aromatic heterocycles. The van der Waals surface area contributed by atoms with Crippen molar-refractivity contribution in [1.29, 1.82) is 0 Å². The van der Waals surface area contributed by atoms with Gasteiger partial charge in [-0.3, -0.25) is 9.59 Å². The summed E-state index contributed by atoms with van der Waals surface area (Å²) in [6.45, 7) is 4.21. The molecule has 2 rings (SSSR count). The molecule has 6 nitrogen and oxygen atoms in total. The third-order valence-electron chi connectivity index (χ3n) is 3.29. The van der Waals surface area contributed by atoms with Gasteiger partial charge in [0.15, 0.2) is 0 Å². The van der Waals surface area contributed by atoms with Crippen LogP contribution in [0.4, 0.5) is 0 Å². The van der Waals surface area contributed by atoms with Crippen molar-refractivity contribution >= 4 is 5.91 Å². The fourth-order valence-electron chi connectivity index (χ4n) is 1.90. The lowest BCUT2D eigenvalue weighted by Gasteiger charge is -2.33. The van der Waals surface area contributed by atoms with E-state index in [0.29, 0.717) is 6.54 Å². The van der Waals surface area contributed by atoms with Crippen molar-refractivity contribution in [3.8, 4) is 0 Å². The Morgan fingerprint density at radius 1 is 1.50 bits per heavy atom. The fraction of sp³-hybridized carbons (Fsp3) is 0.583. The molecule has 18 heavy (non-hydrogen) atoms. The van der Waals surface area contributed by atoms with Crippen LogP contribution < -0.4 is 10.9 Å². The molecule has 0 bridgehead atoms. The average Bonchev–Trinajstić information content (AvgIpc) is 2.38. The van der Waals surface area contributed by atoms with Gasteiger partial charge in [0.2, 0.25) is 0 Å². The number of aromatic amines is 1. The first-order valence-electron chi connectivity index (χ1n) is 6.01. The van der Waals surface area contributed by atoms with Crippen LogP contribution in [0.15, 0.2) is 16.9 Å². The van der Waals surface area contributed by atoms with E-state index in [4.69, 9.17) is 4.74 Å². The van der Waals surface area contributed by atoms with Crippen LogP contribution in [0, 0.1) is 5.41 Å². The van der Waals surface area contributed by atoms with E-state index in [1.165, 1.54) is 12.1 Å². The number of carbonyl (C=O) groups is 1. The van der Waals surface area contributed by atoms with Crippen molar-refractivity contribution in [3.05, 3.63) is 28.2 Å². The Hall–Kier alpha value is -1.69. The van der Waals surface area contributed by atoms with Gasteiger partial charge in [-0.15, -0.1) is 0 Å². The van der Waals surface area contributed by atoms with Crippen molar-refractivity contribution in [3.63, 3.8) is 0 Å². The molecule has 1 saturated heterocycles. The number of ether oxygens (including phenoxy) is 1. The van der Waals surface area contributed by atoms with Crippen molar-refractivity contribution in [2.75, 3.05) is 19.8 Å². The third kappa shape index (κ3) is 3.16. The number of aromatic nitrogens is 2. The van der Waals surface area contributed by atoms with E-state index < -0.39 is 0 Å². The predicted molar refractivity (Wildman–Crippen MR) is 65.4 cm³/mol. The average molecular weight is 251 g/mol. The number of H-pyrrole nitrogens is 1. The van der Waals surface area contributed by atoms with E-state index in [2.05, 4.69) is 22.4 Å². The van der Waals surface area contributed by atoms with E-state index in [9.17, 15) is 9.59 Å². The van der Waals surface area contributed by atoms with E-state index in [1.54, 1.807) is 0 Å². The molecule has 2 N–H and O–H groups in total. The quantitative estimate of drug-likeness (QED) is 0.810. The minimum atomic E-state index is -0.317. The minimum Gasteiger partial charge on any atom is -0.381 e. The van der Waals surface area contributed by atoms with Gasteiger partial charge in [-0.1, -0.05) is 6.92 Å². The molecule has 2 heterocycles. The Balaban J connectivity index is 1.91. The first-order chi connectivity index (χ1) is 8.59. The summed E-state index contributed by atoms with van der Waals surface area (Å²) in [5, 5.41) is 8.78. The lowest BCUT2D eigenvalue weighted by atomic mass is 9.82. The number of amides is 1. The topological polar surface area (TPSA) is 84.1 Å². The lowest BCUT2D eigenvalue weighted by Crippen LogP contribution is -2.39. The molecule has 98 valence electrons. The summed E-state index contributed by atoms with van der Waals surface area (Å²) in [7, 11) is 0. The second-order valence-corrected chi connectivity index (χ2v) is 4.91. The van der Waals surface area contributed by atoms with Gasteiger partial charge in [0.05, 0.1) is 0 Å². The van der Waals surface area contributed by atoms with E-state index in [1.807, 2.05) is 0 Å². The van der Waals surface area contributed by atoms with Gasteiger partial charge in [-0.2, -0.15) is 5.10 Å². The molecule has 1 aliphatic rings. The van der Waals surface area contributed by atoms with Crippen LogP contribution in [0.1, 0.15) is 30.3 Å². The van der Waals surface area contributed by atoms with Crippen molar-refractivity contribution in [2.45, 2.75) is 19.8 Å². The highest BCUT2D eigenvalue weighted by Gasteiger charge is 2.27. The highest BCUT2D eigenvalue weighted by molar-refractivity contribution is 5.91. The molecule has 0 saturated carbocycles. The Morgan fingerprint density at radius 2 is 2.22 bits per heavy atom. The molecule has 1 amide bonds. The third-order valence-corrected chi connectivity index (χ3v) is 3.29. The Labute approximate surface area is 105 Å². The van der Waals surface area contributed by atoms with E-state index in [-0.39, 0.29) is 22.6 Å². The maximum absolute atomic E-state index is 11.8. The first-order valence-corrected chi connectivity index (χ1v) is 6.01. The van der Waals surface area contributed by atoms with Crippen molar-refractivity contribution in [2.24, 2.45) is 5.41 Å². The van der Waals surface area contributed by atoms with Gasteiger partial charge < -0.3 is 10.1 Å². The second-order valence-electron chi connectivity index (χ2n) is 4.91.